The van der Waals surface area contributed by atoms with E-state index in [0.29, 0.717) is 0 Å². The molecule has 0 aliphatic heterocycles. The molecule has 0 atom stereocenters. The molecule has 2 heterocycles. The van der Waals surface area contributed by atoms with Crippen LogP contribution in [0.2, 0.25) is 0 Å². The Bertz CT molecular complexity index is 2260. The Morgan fingerprint density at radius 2 is 1.14 bits per heavy atom. The van der Waals surface area contributed by atoms with Crippen molar-refractivity contribution < 1.29 is 4.42 Å². The molecule has 0 bridgehead atoms. The van der Waals surface area contributed by atoms with E-state index >= 15 is 0 Å². The van der Waals surface area contributed by atoms with Crippen molar-refractivity contribution >= 4 is 60.8 Å². The molecule has 0 spiro atoms. The van der Waals surface area contributed by atoms with Crippen molar-refractivity contribution in [3.8, 4) is 11.1 Å². The van der Waals surface area contributed by atoms with E-state index in [1.807, 2.05) is 12.1 Å². The van der Waals surface area contributed by atoms with E-state index < -0.39 is 0 Å². The first-order chi connectivity index (χ1) is 21.0. The molecular weight excluding hydrogens is 524 g/mol. The molecular formula is C40H32N2O. The van der Waals surface area contributed by atoms with Crippen LogP contribution in [0.4, 0.5) is 17.1 Å². The highest BCUT2D eigenvalue weighted by Gasteiger charge is 2.21. The zero-order valence-corrected chi connectivity index (χ0v) is 24.6. The second kappa shape index (κ2) is 9.64. The maximum Gasteiger partial charge on any atom is 0.159 e. The fourth-order valence-corrected chi connectivity index (χ4v) is 6.59. The highest BCUT2D eigenvalue weighted by atomic mass is 16.3. The minimum absolute atomic E-state index is 0.0197. The third-order valence-electron chi connectivity index (χ3n) is 8.44. The van der Waals surface area contributed by atoms with Crippen LogP contribution in [-0.2, 0) is 5.54 Å². The molecule has 0 radical (unpaired) electrons. The first-order valence-electron chi connectivity index (χ1n) is 14.9. The Morgan fingerprint density at radius 3 is 1.93 bits per heavy atom. The van der Waals surface area contributed by atoms with Gasteiger partial charge < -0.3 is 13.9 Å². The Labute approximate surface area is 251 Å². The van der Waals surface area contributed by atoms with E-state index in [0.717, 1.165) is 39.0 Å². The van der Waals surface area contributed by atoms with Crippen LogP contribution in [0, 0.1) is 0 Å². The van der Waals surface area contributed by atoms with Gasteiger partial charge in [0.25, 0.3) is 0 Å². The molecule has 0 saturated carbocycles. The monoisotopic (exact) mass is 556 g/mol. The zero-order chi connectivity index (χ0) is 29.1. The summed E-state index contributed by atoms with van der Waals surface area (Å²) in [6.45, 7) is 6.82. The van der Waals surface area contributed by atoms with Crippen molar-refractivity contribution in [2.24, 2.45) is 0 Å². The number of hydrogen-bond acceptors (Lipinski definition) is 2. The minimum Gasteiger partial charge on any atom is -0.454 e. The number of benzene rings is 6. The summed E-state index contributed by atoms with van der Waals surface area (Å²) in [5, 5.41) is 4.83. The van der Waals surface area contributed by atoms with Crippen LogP contribution >= 0.6 is 0 Å². The molecule has 8 aromatic rings. The van der Waals surface area contributed by atoms with Gasteiger partial charge >= 0.3 is 0 Å². The van der Waals surface area contributed by atoms with Gasteiger partial charge in [0.2, 0.25) is 0 Å². The Hall–Kier alpha value is -5.28. The van der Waals surface area contributed by atoms with Gasteiger partial charge in [0.1, 0.15) is 5.58 Å². The normalized spacial score (nSPS) is 12.1. The van der Waals surface area contributed by atoms with Crippen molar-refractivity contribution in [1.82, 2.24) is 4.57 Å². The van der Waals surface area contributed by atoms with E-state index in [-0.39, 0.29) is 5.54 Å². The van der Waals surface area contributed by atoms with Gasteiger partial charge in [-0.05, 0) is 86.5 Å². The lowest BCUT2D eigenvalue weighted by atomic mass is 10.0. The van der Waals surface area contributed by atoms with Crippen LogP contribution in [0.5, 0.6) is 0 Å². The maximum absolute atomic E-state index is 6.46. The number of nitrogens with zero attached hydrogens (tertiary/aromatic N) is 2. The summed E-state index contributed by atoms with van der Waals surface area (Å²) in [7, 11) is 0. The second-order valence-corrected chi connectivity index (χ2v) is 12.2. The molecule has 0 N–H and O–H groups in total. The SMILES string of the molecule is CC(C)(C)n1c2ccccc2c2cc(-c3ccc(N(c4ccccc4)c4cccc5c4oc4ccccc45)cc3)ccc21. The molecule has 0 aliphatic carbocycles. The van der Waals surface area contributed by atoms with Crippen LogP contribution in [0.3, 0.4) is 0 Å². The van der Waals surface area contributed by atoms with Gasteiger partial charge in [-0.1, -0.05) is 84.9 Å². The van der Waals surface area contributed by atoms with Crippen molar-refractivity contribution in [3.05, 3.63) is 140 Å². The molecule has 43 heavy (non-hydrogen) atoms. The summed E-state index contributed by atoms with van der Waals surface area (Å²) in [6, 6.07) is 49.7. The fourth-order valence-electron chi connectivity index (χ4n) is 6.59. The zero-order valence-electron chi connectivity index (χ0n) is 24.6. The average molecular weight is 557 g/mol. The number of hydrogen-bond donors (Lipinski definition) is 0. The quantitative estimate of drug-likeness (QED) is 0.215. The van der Waals surface area contributed by atoms with Crippen molar-refractivity contribution in [2.45, 2.75) is 26.3 Å². The van der Waals surface area contributed by atoms with Gasteiger partial charge in [-0.15, -0.1) is 0 Å². The van der Waals surface area contributed by atoms with Crippen LogP contribution in [0.1, 0.15) is 20.8 Å². The van der Waals surface area contributed by atoms with Crippen molar-refractivity contribution in [3.63, 3.8) is 0 Å². The van der Waals surface area contributed by atoms with E-state index in [4.69, 9.17) is 4.42 Å². The molecule has 0 saturated heterocycles. The lowest BCUT2D eigenvalue weighted by Gasteiger charge is -2.25. The molecule has 2 aromatic heterocycles. The topological polar surface area (TPSA) is 21.3 Å². The van der Waals surface area contributed by atoms with Crippen molar-refractivity contribution in [1.29, 1.82) is 0 Å². The van der Waals surface area contributed by atoms with Crippen LogP contribution in [0.15, 0.2) is 144 Å². The predicted molar refractivity (Wildman–Crippen MR) is 182 cm³/mol. The molecule has 8 rings (SSSR count). The molecule has 0 aliphatic rings. The van der Waals surface area contributed by atoms with Crippen molar-refractivity contribution in [2.75, 3.05) is 4.90 Å². The number of para-hydroxylation sites is 4. The van der Waals surface area contributed by atoms with Gasteiger partial charge in [-0.3, -0.25) is 0 Å². The van der Waals surface area contributed by atoms with E-state index in [1.54, 1.807) is 0 Å². The van der Waals surface area contributed by atoms with Gasteiger partial charge in [-0.2, -0.15) is 0 Å². The van der Waals surface area contributed by atoms with E-state index in [2.05, 4.69) is 158 Å². The highest BCUT2D eigenvalue weighted by molar-refractivity contribution is 6.11. The summed E-state index contributed by atoms with van der Waals surface area (Å²) in [5.74, 6) is 0. The van der Waals surface area contributed by atoms with Gasteiger partial charge in [0.15, 0.2) is 5.58 Å². The highest BCUT2D eigenvalue weighted by Crippen LogP contribution is 2.43. The van der Waals surface area contributed by atoms with E-state index in [1.165, 1.54) is 32.9 Å². The molecule has 0 fully saturated rings. The first-order valence-corrected chi connectivity index (χ1v) is 14.9. The summed E-state index contributed by atoms with van der Waals surface area (Å²) in [5.41, 5.74) is 9.88. The van der Waals surface area contributed by atoms with Gasteiger partial charge in [0, 0.05) is 49.5 Å². The van der Waals surface area contributed by atoms with Crippen LogP contribution < -0.4 is 4.90 Å². The van der Waals surface area contributed by atoms with Gasteiger partial charge in [-0.25, -0.2) is 0 Å². The molecule has 208 valence electrons. The number of anilines is 3. The Balaban J connectivity index is 1.26. The number of furan rings is 1. The third kappa shape index (κ3) is 4.11. The smallest absolute Gasteiger partial charge is 0.159 e. The third-order valence-corrected chi connectivity index (χ3v) is 8.44. The molecule has 0 unspecified atom stereocenters. The summed E-state index contributed by atoms with van der Waals surface area (Å²) >= 11 is 0. The Kier molecular flexibility index (Phi) is 5.70. The first kappa shape index (κ1) is 25.4. The number of rotatable bonds is 4. The van der Waals surface area contributed by atoms with Crippen LogP contribution in [-0.4, -0.2) is 4.57 Å². The Morgan fingerprint density at radius 1 is 0.512 bits per heavy atom. The second-order valence-electron chi connectivity index (χ2n) is 12.2. The predicted octanol–water partition coefficient (Wildman–Crippen LogP) is 11.6. The number of aromatic nitrogens is 1. The van der Waals surface area contributed by atoms with E-state index in [9.17, 15) is 0 Å². The lowest BCUT2D eigenvalue weighted by Crippen LogP contribution is -2.21. The number of fused-ring (bicyclic) bond motifs is 6. The largest absolute Gasteiger partial charge is 0.454 e. The maximum atomic E-state index is 6.46. The van der Waals surface area contributed by atoms with Gasteiger partial charge in [0.05, 0.1) is 5.69 Å². The molecule has 3 nitrogen and oxygen atoms in total. The van der Waals surface area contributed by atoms with Crippen LogP contribution in [0.25, 0.3) is 54.9 Å². The fraction of sp³-hybridized carbons (Fsp3) is 0.100. The lowest BCUT2D eigenvalue weighted by molar-refractivity contribution is 0.423. The minimum atomic E-state index is -0.0197. The summed E-state index contributed by atoms with van der Waals surface area (Å²) in [6.07, 6.45) is 0. The summed E-state index contributed by atoms with van der Waals surface area (Å²) < 4.78 is 8.92. The molecule has 3 heteroatoms. The standard InChI is InChI=1S/C40H32N2O/c1-40(2,3)42-35-17-9-7-14-31(35)34-26-28(22-25-36(34)42)27-20-23-30(24-21-27)41(29-12-5-4-6-13-29)37-18-11-16-33-32-15-8-10-19-38(32)43-39(33)37/h4-26H,1-3H3. The average Bonchev–Trinajstić information content (AvgIpc) is 3.58. The summed E-state index contributed by atoms with van der Waals surface area (Å²) in [4.78, 5) is 2.29. The molecule has 0 amide bonds. The molecule has 6 aromatic carbocycles.